The second-order valence-corrected chi connectivity index (χ2v) is 5.47. The van der Waals surface area contributed by atoms with Crippen molar-refractivity contribution in [1.82, 2.24) is 4.90 Å². The molecule has 0 amide bonds. The van der Waals surface area contributed by atoms with Gasteiger partial charge in [0.25, 0.3) is 0 Å². The summed E-state index contributed by atoms with van der Waals surface area (Å²) >= 11 is 0. The van der Waals surface area contributed by atoms with Gasteiger partial charge in [0.2, 0.25) is 0 Å². The number of hydrogen-bond acceptors (Lipinski definition) is 2. The Bertz CT molecular complexity index is 162. The fraction of sp³-hybridized carbons (Fsp3) is 1.00. The van der Waals surface area contributed by atoms with Gasteiger partial charge in [-0.3, -0.25) is 4.90 Å². The second kappa shape index (κ2) is 6.49. The first kappa shape index (κ1) is 13.0. The van der Waals surface area contributed by atoms with Crippen LogP contribution >= 0.6 is 0 Å². The van der Waals surface area contributed by atoms with E-state index in [0.29, 0.717) is 5.41 Å². The first-order chi connectivity index (χ1) is 7.14. The van der Waals surface area contributed by atoms with E-state index < -0.39 is 0 Å². The molecule has 1 aliphatic heterocycles. The van der Waals surface area contributed by atoms with E-state index in [1.165, 1.54) is 32.2 Å². The van der Waals surface area contributed by atoms with Crippen molar-refractivity contribution in [2.75, 3.05) is 32.8 Å². The Morgan fingerprint density at radius 1 is 1.13 bits per heavy atom. The van der Waals surface area contributed by atoms with Gasteiger partial charge in [-0.25, -0.2) is 0 Å². The normalized spacial score (nSPS) is 19.4. The summed E-state index contributed by atoms with van der Waals surface area (Å²) in [6.07, 6.45) is 5.39. The lowest BCUT2D eigenvalue weighted by Crippen LogP contribution is -2.38. The summed E-state index contributed by atoms with van der Waals surface area (Å²) < 4.78 is 5.35. The average molecular weight is 213 g/mol. The van der Waals surface area contributed by atoms with Crippen molar-refractivity contribution in [1.29, 1.82) is 0 Å². The molecule has 15 heavy (non-hydrogen) atoms. The molecule has 0 saturated carbocycles. The highest BCUT2D eigenvalue weighted by Crippen LogP contribution is 2.27. The maximum atomic E-state index is 5.35. The van der Waals surface area contributed by atoms with E-state index in [1.54, 1.807) is 0 Å². The molecule has 0 unspecified atom stereocenters. The fourth-order valence-electron chi connectivity index (χ4n) is 2.07. The maximum absolute atomic E-state index is 5.35. The molecule has 0 atom stereocenters. The minimum Gasteiger partial charge on any atom is -0.379 e. The Hall–Kier alpha value is -0.0800. The van der Waals surface area contributed by atoms with E-state index in [4.69, 9.17) is 4.74 Å². The quantitative estimate of drug-likeness (QED) is 0.672. The highest BCUT2D eigenvalue weighted by Gasteiger charge is 2.19. The summed E-state index contributed by atoms with van der Waals surface area (Å²) in [6, 6.07) is 0. The van der Waals surface area contributed by atoms with Crippen molar-refractivity contribution in [2.45, 2.75) is 46.5 Å². The number of morpholine rings is 1. The third-order valence-corrected chi connectivity index (χ3v) is 3.42. The van der Waals surface area contributed by atoms with E-state index in [2.05, 4.69) is 25.7 Å². The predicted octanol–water partition coefficient (Wildman–Crippen LogP) is 2.93. The lowest BCUT2D eigenvalue weighted by Gasteiger charge is -2.31. The number of unbranched alkanes of at least 4 members (excludes halogenated alkanes) is 1. The molecule has 0 radical (unpaired) electrons. The summed E-state index contributed by atoms with van der Waals surface area (Å²) in [4.78, 5) is 2.54. The summed E-state index contributed by atoms with van der Waals surface area (Å²) in [5.74, 6) is 0. The van der Waals surface area contributed by atoms with E-state index in [-0.39, 0.29) is 0 Å². The van der Waals surface area contributed by atoms with Gasteiger partial charge >= 0.3 is 0 Å². The van der Waals surface area contributed by atoms with Gasteiger partial charge in [0, 0.05) is 13.1 Å². The van der Waals surface area contributed by atoms with E-state index in [1.807, 2.05) is 0 Å². The molecule has 1 heterocycles. The number of nitrogens with zero attached hydrogens (tertiary/aromatic N) is 1. The van der Waals surface area contributed by atoms with Crippen LogP contribution in [-0.2, 0) is 4.74 Å². The molecule has 1 saturated heterocycles. The summed E-state index contributed by atoms with van der Waals surface area (Å²) in [5, 5.41) is 0. The van der Waals surface area contributed by atoms with Crippen LogP contribution in [0.4, 0.5) is 0 Å². The van der Waals surface area contributed by atoms with Gasteiger partial charge in [0.05, 0.1) is 13.2 Å². The summed E-state index contributed by atoms with van der Waals surface area (Å²) in [5.41, 5.74) is 0.522. The molecule has 0 bridgehead atoms. The Kier molecular flexibility index (Phi) is 5.62. The summed E-state index contributed by atoms with van der Waals surface area (Å²) in [7, 11) is 0. The monoisotopic (exact) mass is 213 g/mol. The molecule has 0 aromatic heterocycles. The van der Waals surface area contributed by atoms with Crippen molar-refractivity contribution in [3.63, 3.8) is 0 Å². The standard InChI is InChI=1S/C13H27NO/c1-4-5-6-13(2,3)7-8-14-9-11-15-12-10-14/h4-12H2,1-3H3. The molecule has 1 fully saturated rings. The molecular formula is C13H27NO. The lowest BCUT2D eigenvalue weighted by atomic mass is 9.84. The smallest absolute Gasteiger partial charge is 0.0594 e. The first-order valence-corrected chi connectivity index (χ1v) is 6.44. The molecule has 90 valence electrons. The molecule has 0 spiro atoms. The number of rotatable bonds is 6. The van der Waals surface area contributed by atoms with Crippen molar-refractivity contribution in [3.05, 3.63) is 0 Å². The largest absolute Gasteiger partial charge is 0.379 e. The van der Waals surface area contributed by atoms with Gasteiger partial charge in [0.1, 0.15) is 0 Å². The second-order valence-electron chi connectivity index (χ2n) is 5.47. The zero-order chi connectivity index (χ0) is 11.1. The highest BCUT2D eigenvalue weighted by atomic mass is 16.5. The van der Waals surface area contributed by atoms with E-state index in [9.17, 15) is 0 Å². The molecule has 1 aliphatic rings. The zero-order valence-electron chi connectivity index (χ0n) is 10.7. The van der Waals surface area contributed by atoms with Crippen molar-refractivity contribution < 1.29 is 4.74 Å². The van der Waals surface area contributed by atoms with Gasteiger partial charge in [-0.05, 0) is 24.8 Å². The molecule has 2 heteroatoms. The molecule has 0 aromatic carbocycles. The third kappa shape index (κ3) is 5.53. The van der Waals surface area contributed by atoms with Crippen molar-refractivity contribution >= 4 is 0 Å². The van der Waals surface area contributed by atoms with Crippen LogP contribution in [0.3, 0.4) is 0 Å². The van der Waals surface area contributed by atoms with Crippen molar-refractivity contribution in [2.24, 2.45) is 5.41 Å². The van der Waals surface area contributed by atoms with Crippen molar-refractivity contribution in [3.8, 4) is 0 Å². The minimum atomic E-state index is 0.522. The average Bonchev–Trinajstić information content (AvgIpc) is 2.25. The Morgan fingerprint density at radius 2 is 1.80 bits per heavy atom. The van der Waals surface area contributed by atoms with E-state index >= 15 is 0 Å². The number of ether oxygens (including phenoxy) is 1. The first-order valence-electron chi connectivity index (χ1n) is 6.44. The number of hydrogen-bond donors (Lipinski definition) is 0. The van der Waals surface area contributed by atoms with Gasteiger partial charge in [-0.1, -0.05) is 33.6 Å². The Labute approximate surface area is 95.0 Å². The van der Waals surface area contributed by atoms with E-state index in [0.717, 1.165) is 26.3 Å². The lowest BCUT2D eigenvalue weighted by molar-refractivity contribution is 0.0321. The minimum absolute atomic E-state index is 0.522. The fourth-order valence-corrected chi connectivity index (χ4v) is 2.07. The van der Waals surface area contributed by atoms with Crippen LogP contribution in [0.25, 0.3) is 0 Å². The summed E-state index contributed by atoms with van der Waals surface area (Å²) in [6.45, 7) is 12.4. The molecule has 0 aromatic rings. The van der Waals surface area contributed by atoms with Crippen LogP contribution in [0.5, 0.6) is 0 Å². The Morgan fingerprint density at radius 3 is 2.40 bits per heavy atom. The van der Waals surface area contributed by atoms with Crippen LogP contribution in [0.2, 0.25) is 0 Å². The predicted molar refractivity (Wildman–Crippen MR) is 65.2 cm³/mol. The molecule has 0 aliphatic carbocycles. The van der Waals surface area contributed by atoms with Gasteiger partial charge in [-0.15, -0.1) is 0 Å². The van der Waals surface area contributed by atoms with Crippen LogP contribution in [0.1, 0.15) is 46.5 Å². The van der Waals surface area contributed by atoms with Crippen LogP contribution in [0.15, 0.2) is 0 Å². The van der Waals surface area contributed by atoms with Crippen LogP contribution in [-0.4, -0.2) is 37.7 Å². The van der Waals surface area contributed by atoms with Gasteiger partial charge in [0.15, 0.2) is 0 Å². The van der Waals surface area contributed by atoms with Gasteiger partial charge in [-0.2, -0.15) is 0 Å². The highest BCUT2D eigenvalue weighted by molar-refractivity contribution is 4.72. The van der Waals surface area contributed by atoms with Crippen LogP contribution in [0, 0.1) is 5.41 Å². The molecule has 0 N–H and O–H groups in total. The van der Waals surface area contributed by atoms with Gasteiger partial charge < -0.3 is 4.74 Å². The zero-order valence-corrected chi connectivity index (χ0v) is 10.7. The molecular weight excluding hydrogens is 186 g/mol. The maximum Gasteiger partial charge on any atom is 0.0594 e. The Balaban J connectivity index is 2.15. The molecule has 1 rings (SSSR count). The molecule has 2 nitrogen and oxygen atoms in total. The SMILES string of the molecule is CCCCC(C)(C)CCN1CCOCC1. The third-order valence-electron chi connectivity index (χ3n) is 3.42. The topological polar surface area (TPSA) is 12.5 Å². The van der Waals surface area contributed by atoms with Crippen LogP contribution < -0.4 is 0 Å².